The number of rotatable bonds is 5. The summed E-state index contributed by atoms with van der Waals surface area (Å²) in [7, 11) is 3.73. The van der Waals surface area contributed by atoms with E-state index >= 15 is 0 Å². The maximum Gasteiger partial charge on any atom is 0.123 e. The zero-order valence-corrected chi connectivity index (χ0v) is 12.8. The summed E-state index contributed by atoms with van der Waals surface area (Å²) in [6, 6.07) is 6.47. The highest BCUT2D eigenvalue weighted by Crippen LogP contribution is 2.34. The second-order valence-electron chi connectivity index (χ2n) is 4.76. The highest BCUT2D eigenvalue weighted by atomic mass is 79.9. The summed E-state index contributed by atoms with van der Waals surface area (Å²) in [5.41, 5.74) is 1.21. The zero-order chi connectivity index (χ0) is 13.0. The maximum atomic E-state index is 5.45. The molecule has 0 bridgehead atoms. The summed E-state index contributed by atoms with van der Waals surface area (Å²) < 4.78 is 6.54. The number of ether oxygens (including phenoxy) is 1. The lowest BCUT2D eigenvalue weighted by molar-refractivity contribution is 0.306. The summed E-state index contributed by atoms with van der Waals surface area (Å²) >= 11 is 3.53. The molecule has 2 nitrogen and oxygen atoms in total. The van der Waals surface area contributed by atoms with Crippen molar-refractivity contribution in [3.8, 4) is 5.75 Å². The summed E-state index contributed by atoms with van der Waals surface area (Å²) in [5.74, 6) is 2.11. The van der Waals surface area contributed by atoms with Crippen molar-refractivity contribution in [1.82, 2.24) is 5.32 Å². The molecule has 2 atom stereocenters. The standard InChI is InChI=1S/C14H22BrNO/c1-9(2)10(3)14(16-4)12-8-11(15)6-7-13(12)17-5/h6-10,14,16H,1-5H3. The van der Waals surface area contributed by atoms with Crippen LogP contribution in [-0.4, -0.2) is 14.2 Å². The van der Waals surface area contributed by atoms with Crippen molar-refractivity contribution in [1.29, 1.82) is 0 Å². The first kappa shape index (κ1) is 14.5. The van der Waals surface area contributed by atoms with Gasteiger partial charge >= 0.3 is 0 Å². The summed E-state index contributed by atoms with van der Waals surface area (Å²) in [6.07, 6.45) is 0. The molecule has 1 rings (SSSR count). The van der Waals surface area contributed by atoms with Crippen molar-refractivity contribution in [3.63, 3.8) is 0 Å². The predicted molar refractivity (Wildman–Crippen MR) is 76.5 cm³/mol. The number of halogens is 1. The molecule has 96 valence electrons. The summed E-state index contributed by atoms with van der Waals surface area (Å²) in [5, 5.41) is 3.40. The Morgan fingerprint density at radius 2 is 1.88 bits per heavy atom. The maximum absolute atomic E-state index is 5.45. The van der Waals surface area contributed by atoms with Crippen LogP contribution in [0.5, 0.6) is 5.75 Å². The molecule has 1 aromatic rings. The molecule has 0 amide bonds. The fourth-order valence-electron chi connectivity index (χ4n) is 2.03. The van der Waals surface area contributed by atoms with E-state index in [2.05, 4.69) is 48.1 Å². The van der Waals surface area contributed by atoms with Gasteiger partial charge in [0.25, 0.3) is 0 Å². The quantitative estimate of drug-likeness (QED) is 0.887. The van der Waals surface area contributed by atoms with Gasteiger partial charge in [0.1, 0.15) is 5.75 Å². The van der Waals surface area contributed by atoms with E-state index in [0.717, 1.165) is 10.2 Å². The summed E-state index contributed by atoms with van der Waals surface area (Å²) in [4.78, 5) is 0. The molecular weight excluding hydrogens is 278 g/mol. The molecule has 1 N–H and O–H groups in total. The van der Waals surface area contributed by atoms with Gasteiger partial charge in [-0.15, -0.1) is 0 Å². The topological polar surface area (TPSA) is 21.3 Å². The van der Waals surface area contributed by atoms with Crippen LogP contribution in [0.15, 0.2) is 22.7 Å². The number of hydrogen-bond acceptors (Lipinski definition) is 2. The summed E-state index contributed by atoms with van der Waals surface area (Å²) in [6.45, 7) is 6.77. The Morgan fingerprint density at radius 3 is 2.35 bits per heavy atom. The van der Waals surface area contributed by atoms with Crippen LogP contribution >= 0.6 is 15.9 Å². The third kappa shape index (κ3) is 3.46. The van der Waals surface area contributed by atoms with E-state index in [9.17, 15) is 0 Å². The van der Waals surface area contributed by atoms with Crippen molar-refractivity contribution in [2.45, 2.75) is 26.8 Å². The van der Waals surface area contributed by atoms with Crippen LogP contribution in [0.1, 0.15) is 32.4 Å². The van der Waals surface area contributed by atoms with Gasteiger partial charge in [-0.25, -0.2) is 0 Å². The molecule has 2 unspecified atom stereocenters. The molecule has 0 aromatic heterocycles. The molecule has 0 fully saturated rings. The lowest BCUT2D eigenvalue weighted by Gasteiger charge is -2.28. The lowest BCUT2D eigenvalue weighted by atomic mass is 9.86. The normalized spacial score (nSPS) is 14.8. The molecule has 3 heteroatoms. The first-order valence-electron chi connectivity index (χ1n) is 6.02. The second kappa shape index (κ2) is 6.41. The number of nitrogens with one attached hydrogen (secondary N) is 1. The number of hydrogen-bond donors (Lipinski definition) is 1. The molecule has 0 saturated carbocycles. The molecule has 0 heterocycles. The minimum absolute atomic E-state index is 0.308. The molecule has 0 aliphatic carbocycles. The van der Waals surface area contributed by atoms with E-state index in [1.54, 1.807) is 7.11 Å². The Bertz CT molecular complexity index is 365. The Morgan fingerprint density at radius 1 is 1.24 bits per heavy atom. The average molecular weight is 300 g/mol. The van der Waals surface area contributed by atoms with Crippen molar-refractivity contribution in [3.05, 3.63) is 28.2 Å². The van der Waals surface area contributed by atoms with Gasteiger partial charge in [0.15, 0.2) is 0 Å². The third-order valence-electron chi connectivity index (χ3n) is 3.42. The van der Waals surface area contributed by atoms with Gasteiger partial charge in [-0.3, -0.25) is 0 Å². The molecular formula is C14H22BrNO. The van der Waals surface area contributed by atoms with E-state index < -0.39 is 0 Å². The first-order valence-corrected chi connectivity index (χ1v) is 6.81. The van der Waals surface area contributed by atoms with Crippen molar-refractivity contribution in [2.24, 2.45) is 11.8 Å². The number of methoxy groups -OCH3 is 1. The minimum Gasteiger partial charge on any atom is -0.496 e. The van der Waals surface area contributed by atoms with Gasteiger partial charge in [-0.05, 0) is 37.1 Å². The van der Waals surface area contributed by atoms with E-state index in [4.69, 9.17) is 4.74 Å². The van der Waals surface area contributed by atoms with Gasteiger partial charge in [0.2, 0.25) is 0 Å². The van der Waals surface area contributed by atoms with E-state index in [1.165, 1.54) is 5.56 Å². The van der Waals surface area contributed by atoms with E-state index in [1.807, 2.05) is 19.2 Å². The molecule has 0 aliphatic rings. The van der Waals surface area contributed by atoms with Crippen molar-refractivity contribution in [2.75, 3.05) is 14.2 Å². The van der Waals surface area contributed by atoms with Gasteiger partial charge in [-0.2, -0.15) is 0 Å². The van der Waals surface area contributed by atoms with Gasteiger partial charge in [0.05, 0.1) is 7.11 Å². The second-order valence-corrected chi connectivity index (χ2v) is 5.67. The van der Waals surface area contributed by atoms with Crippen molar-refractivity contribution < 1.29 is 4.74 Å². The van der Waals surface area contributed by atoms with E-state index in [0.29, 0.717) is 17.9 Å². The Labute approximate surface area is 113 Å². The Balaban J connectivity index is 3.14. The van der Waals surface area contributed by atoms with Crippen LogP contribution in [-0.2, 0) is 0 Å². The van der Waals surface area contributed by atoms with Crippen LogP contribution < -0.4 is 10.1 Å². The fourth-order valence-corrected chi connectivity index (χ4v) is 2.41. The molecule has 0 aliphatic heterocycles. The van der Waals surface area contributed by atoms with E-state index in [-0.39, 0.29) is 0 Å². The molecule has 1 aromatic carbocycles. The smallest absolute Gasteiger partial charge is 0.123 e. The SMILES string of the molecule is CNC(c1cc(Br)ccc1OC)C(C)C(C)C. The largest absolute Gasteiger partial charge is 0.496 e. The van der Waals surface area contributed by atoms with Gasteiger partial charge in [-0.1, -0.05) is 36.7 Å². The Kier molecular flexibility index (Phi) is 5.47. The molecule has 0 spiro atoms. The number of benzene rings is 1. The molecule has 0 saturated heterocycles. The van der Waals surface area contributed by atoms with Crippen LogP contribution in [0.4, 0.5) is 0 Å². The van der Waals surface area contributed by atoms with Gasteiger partial charge < -0.3 is 10.1 Å². The van der Waals surface area contributed by atoms with Crippen molar-refractivity contribution >= 4 is 15.9 Å². The zero-order valence-electron chi connectivity index (χ0n) is 11.3. The average Bonchev–Trinajstić information content (AvgIpc) is 2.30. The monoisotopic (exact) mass is 299 g/mol. The third-order valence-corrected chi connectivity index (χ3v) is 3.91. The highest BCUT2D eigenvalue weighted by Gasteiger charge is 2.23. The lowest BCUT2D eigenvalue weighted by Crippen LogP contribution is -2.27. The molecule has 0 radical (unpaired) electrons. The van der Waals surface area contributed by atoms with Crippen LogP contribution in [0, 0.1) is 11.8 Å². The predicted octanol–water partition coefficient (Wildman–Crippen LogP) is 4.01. The van der Waals surface area contributed by atoms with Crippen LogP contribution in [0.25, 0.3) is 0 Å². The highest BCUT2D eigenvalue weighted by molar-refractivity contribution is 9.10. The molecule has 17 heavy (non-hydrogen) atoms. The van der Waals surface area contributed by atoms with Crippen LogP contribution in [0.3, 0.4) is 0 Å². The first-order chi connectivity index (χ1) is 8.01. The van der Waals surface area contributed by atoms with Gasteiger partial charge in [0, 0.05) is 16.1 Å². The minimum atomic E-state index is 0.308. The Hall–Kier alpha value is -0.540. The van der Waals surface area contributed by atoms with Crippen LogP contribution in [0.2, 0.25) is 0 Å². The fraction of sp³-hybridized carbons (Fsp3) is 0.571.